The Bertz CT molecular complexity index is 917. The van der Waals surface area contributed by atoms with Crippen molar-refractivity contribution in [3.05, 3.63) is 72.1 Å². The van der Waals surface area contributed by atoms with Crippen LogP contribution in [0.15, 0.2) is 65.3 Å². The average molecular weight is 349 g/mol. The van der Waals surface area contributed by atoms with E-state index in [9.17, 15) is 9.59 Å². The Morgan fingerprint density at radius 2 is 1.85 bits per heavy atom. The van der Waals surface area contributed by atoms with E-state index in [1.54, 1.807) is 38.4 Å². The Morgan fingerprint density at radius 3 is 2.58 bits per heavy atom. The van der Waals surface area contributed by atoms with Crippen LogP contribution in [-0.4, -0.2) is 35.8 Å². The van der Waals surface area contributed by atoms with Gasteiger partial charge in [-0.15, -0.1) is 0 Å². The second-order valence-corrected chi connectivity index (χ2v) is 6.02. The minimum Gasteiger partial charge on any atom is -0.444 e. The Kier molecular flexibility index (Phi) is 5.12. The van der Waals surface area contributed by atoms with Crippen molar-refractivity contribution in [2.24, 2.45) is 0 Å². The van der Waals surface area contributed by atoms with E-state index in [0.29, 0.717) is 22.8 Å². The first-order valence-corrected chi connectivity index (χ1v) is 8.14. The lowest BCUT2D eigenvalue weighted by atomic mass is 10.1. The Labute approximate surface area is 151 Å². The second kappa shape index (κ2) is 7.65. The first kappa shape index (κ1) is 17.4. The topological polar surface area (TPSA) is 75.4 Å². The van der Waals surface area contributed by atoms with Gasteiger partial charge in [-0.05, 0) is 30.3 Å². The summed E-state index contributed by atoms with van der Waals surface area (Å²) in [6.07, 6.45) is 1.57. The van der Waals surface area contributed by atoms with E-state index in [-0.39, 0.29) is 18.2 Å². The number of anilines is 1. The van der Waals surface area contributed by atoms with Crippen molar-refractivity contribution in [2.75, 3.05) is 19.4 Å². The van der Waals surface area contributed by atoms with Crippen LogP contribution in [0.1, 0.15) is 16.1 Å². The Morgan fingerprint density at radius 1 is 1.08 bits per heavy atom. The van der Waals surface area contributed by atoms with Crippen molar-refractivity contribution in [2.45, 2.75) is 6.42 Å². The number of carbonyl (C=O) groups is 2. The van der Waals surface area contributed by atoms with Gasteiger partial charge in [-0.2, -0.15) is 0 Å². The lowest BCUT2D eigenvalue weighted by Crippen LogP contribution is -2.22. The fraction of sp³-hybridized carbons (Fsp3) is 0.150. The van der Waals surface area contributed by atoms with Crippen molar-refractivity contribution < 1.29 is 14.0 Å². The van der Waals surface area contributed by atoms with Crippen molar-refractivity contribution in [3.8, 4) is 11.5 Å². The van der Waals surface area contributed by atoms with Crippen LogP contribution >= 0.6 is 0 Å². The second-order valence-electron chi connectivity index (χ2n) is 6.02. The maximum atomic E-state index is 12.3. The van der Waals surface area contributed by atoms with Crippen LogP contribution in [0.3, 0.4) is 0 Å². The van der Waals surface area contributed by atoms with Crippen LogP contribution in [0, 0.1) is 0 Å². The van der Waals surface area contributed by atoms with Gasteiger partial charge in [-0.25, -0.2) is 4.98 Å². The number of hydrogen-bond acceptors (Lipinski definition) is 4. The summed E-state index contributed by atoms with van der Waals surface area (Å²) < 4.78 is 5.44. The highest BCUT2D eigenvalue weighted by atomic mass is 16.3. The first-order chi connectivity index (χ1) is 12.5. The molecule has 0 saturated carbocycles. The van der Waals surface area contributed by atoms with Crippen molar-refractivity contribution in [1.82, 2.24) is 9.88 Å². The van der Waals surface area contributed by atoms with E-state index >= 15 is 0 Å². The fourth-order valence-electron chi connectivity index (χ4n) is 2.46. The minimum absolute atomic E-state index is 0.0855. The van der Waals surface area contributed by atoms with Crippen LogP contribution in [0.2, 0.25) is 0 Å². The van der Waals surface area contributed by atoms with Crippen LogP contribution in [-0.2, 0) is 11.2 Å². The molecule has 0 radical (unpaired) electrons. The minimum atomic E-state index is -0.229. The van der Waals surface area contributed by atoms with Gasteiger partial charge in [0, 0.05) is 30.9 Å². The van der Waals surface area contributed by atoms with Gasteiger partial charge in [0.15, 0.2) is 0 Å². The zero-order chi connectivity index (χ0) is 18.5. The van der Waals surface area contributed by atoms with Crippen LogP contribution in [0.25, 0.3) is 11.5 Å². The molecule has 132 valence electrons. The molecule has 2 amide bonds. The largest absolute Gasteiger partial charge is 0.444 e. The highest BCUT2D eigenvalue weighted by Gasteiger charge is 2.12. The van der Waals surface area contributed by atoms with Crippen LogP contribution < -0.4 is 5.32 Å². The third-order valence-corrected chi connectivity index (χ3v) is 3.71. The molecular weight excluding hydrogens is 330 g/mol. The normalized spacial score (nSPS) is 10.4. The van der Waals surface area contributed by atoms with Gasteiger partial charge in [0.2, 0.25) is 11.8 Å². The zero-order valence-corrected chi connectivity index (χ0v) is 14.6. The molecule has 3 aromatic rings. The van der Waals surface area contributed by atoms with Crippen molar-refractivity contribution in [3.63, 3.8) is 0 Å². The fourth-order valence-corrected chi connectivity index (χ4v) is 2.46. The highest BCUT2D eigenvalue weighted by Crippen LogP contribution is 2.18. The van der Waals surface area contributed by atoms with E-state index < -0.39 is 0 Å². The number of amides is 2. The quantitative estimate of drug-likeness (QED) is 0.767. The van der Waals surface area contributed by atoms with Gasteiger partial charge in [0.25, 0.3) is 5.91 Å². The molecule has 0 atom stereocenters. The van der Waals surface area contributed by atoms with Gasteiger partial charge in [-0.1, -0.05) is 24.3 Å². The smallest absolute Gasteiger partial charge is 0.253 e. The van der Waals surface area contributed by atoms with E-state index in [1.807, 2.05) is 30.3 Å². The van der Waals surface area contributed by atoms with Gasteiger partial charge in [0.05, 0.1) is 12.1 Å². The third-order valence-electron chi connectivity index (χ3n) is 3.71. The molecule has 0 spiro atoms. The van der Waals surface area contributed by atoms with Gasteiger partial charge >= 0.3 is 0 Å². The number of carbonyl (C=O) groups excluding carboxylic acids is 2. The number of hydrogen-bond donors (Lipinski definition) is 1. The summed E-state index contributed by atoms with van der Waals surface area (Å²) in [4.78, 5) is 30.1. The third kappa shape index (κ3) is 4.16. The van der Waals surface area contributed by atoms with E-state index in [1.165, 1.54) is 11.2 Å². The van der Waals surface area contributed by atoms with E-state index in [4.69, 9.17) is 4.42 Å². The maximum absolute atomic E-state index is 12.3. The molecule has 3 rings (SSSR count). The van der Waals surface area contributed by atoms with Gasteiger partial charge in [0.1, 0.15) is 6.26 Å². The monoisotopic (exact) mass is 349 g/mol. The molecule has 0 aliphatic rings. The number of oxazole rings is 1. The molecule has 26 heavy (non-hydrogen) atoms. The van der Waals surface area contributed by atoms with E-state index in [2.05, 4.69) is 10.3 Å². The molecule has 0 saturated heterocycles. The molecular formula is C20H19N3O3. The molecule has 0 aliphatic heterocycles. The molecule has 2 aromatic carbocycles. The number of benzene rings is 2. The SMILES string of the molecule is CN(C)C(=O)c1cccc(NC(=O)Cc2coc(-c3ccccc3)n2)c1. The molecule has 0 bridgehead atoms. The van der Waals surface area contributed by atoms with Crippen LogP contribution in [0.5, 0.6) is 0 Å². The van der Waals surface area contributed by atoms with Gasteiger partial charge in [-0.3, -0.25) is 9.59 Å². The summed E-state index contributed by atoms with van der Waals surface area (Å²) in [5.41, 5.74) is 2.48. The Balaban J connectivity index is 1.66. The average Bonchev–Trinajstić information content (AvgIpc) is 3.10. The summed E-state index contributed by atoms with van der Waals surface area (Å²) in [6, 6.07) is 16.3. The van der Waals surface area contributed by atoms with Crippen molar-refractivity contribution >= 4 is 17.5 Å². The van der Waals surface area contributed by atoms with Gasteiger partial charge < -0.3 is 14.6 Å². The lowest BCUT2D eigenvalue weighted by Gasteiger charge is -2.11. The standard InChI is InChI=1S/C20H19N3O3/c1-23(2)20(25)15-9-6-10-16(11-15)21-18(24)12-17-13-26-19(22-17)14-7-4-3-5-8-14/h3-11,13H,12H2,1-2H3,(H,21,24). The molecule has 0 aliphatic carbocycles. The molecule has 6 heteroatoms. The number of nitrogens with one attached hydrogen (secondary N) is 1. The predicted molar refractivity (Wildman–Crippen MR) is 98.7 cm³/mol. The summed E-state index contributed by atoms with van der Waals surface area (Å²) in [7, 11) is 3.37. The number of aromatic nitrogens is 1. The number of nitrogens with zero attached hydrogens (tertiary/aromatic N) is 2. The summed E-state index contributed by atoms with van der Waals surface area (Å²) in [5.74, 6) is 0.129. The Hall–Kier alpha value is -3.41. The summed E-state index contributed by atoms with van der Waals surface area (Å²) in [6.45, 7) is 0. The molecule has 0 fully saturated rings. The summed E-state index contributed by atoms with van der Waals surface area (Å²) >= 11 is 0. The lowest BCUT2D eigenvalue weighted by molar-refractivity contribution is -0.115. The first-order valence-electron chi connectivity index (χ1n) is 8.14. The zero-order valence-electron chi connectivity index (χ0n) is 14.6. The maximum Gasteiger partial charge on any atom is 0.253 e. The summed E-state index contributed by atoms with van der Waals surface area (Å²) in [5, 5.41) is 2.78. The van der Waals surface area contributed by atoms with Crippen molar-refractivity contribution in [1.29, 1.82) is 0 Å². The highest BCUT2D eigenvalue weighted by molar-refractivity contribution is 5.97. The molecule has 1 N–H and O–H groups in total. The molecule has 1 aromatic heterocycles. The van der Waals surface area contributed by atoms with Crippen LogP contribution in [0.4, 0.5) is 5.69 Å². The molecule has 0 unspecified atom stereocenters. The van der Waals surface area contributed by atoms with E-state index in [0.717, 1.165) is 5.56 Å². The molecule has 1 heterocycles. The molecule has 6 nitrogen and oxygen atoms in total. The predicted octanol–water partition coefficient (Wildman–Crippen LogP) is 3.22. The number of rotatable bonds is 5.